The maximum absolute atomic E-state index is 12.0. The molecule has 1 amide bonds. The summed E-state index contributed by atoms with van der Waals surface area (Å²) < 4.78 is 50.7. The predicted octanol–water partition coefficient (Wildman–Crippen LogP) is 3.99. The van der Waals surface area contributed by atoms with Crippen LogP contribution in [0.4, 0.5) is 23.7 Å². The topological polar surface area (TPSA) is 69.7 Å². The minimum Gasteiger partial charge on any atom is -0.497 e. The molecule has 0 fully saturated rings. The highest BCUT2D eigenvalue weighted by atomic mass is 19.4. The summed E-state index contributed by atoms with van der Waals surface area (Å²) in [6, 6.07) is 9.44. The quantitative estimate of drug-likeness (QED) is 0.890. The molecule has 0 bridgehead atoms. The van der Waals surface area contributed by atoms with Gasteiger partial charge in [-0.05, 0) is 36.4 Å². The van der Waals surface area contributed by atoms with Gasteiger partial charge < -0.3 is 14.2 Å². The summed E-state index contributed by atoms with van der Waals surface area (Å²) in [6.07, 6.45) is -4.46. The number of rotatable bonds is 5. The van der Waals surface area contributed by atoms with Gasteiger partial charge in [-0.25, -0.2) is 9.78 Å². The average Bonchev–Trinajstić information content (AvgIpc) is 2.55. The molecule has 0 atom stereocenters. The number of amides is 1. The van der Waals surface area contributed by atoms with Gasteiger partial charge in [0, 0.05) is 6.20 Å². The second kappa shape index (κ2) is 7.53. The van der Waals surface area contributed by atoms with Crippen molar-refractivity contribution in [2.75, 3.05) is 19.0 Å². The van der Waals surface area contributed by atoms with Crippen molar-refractivity contribution < 1.29 is 32.2 Å². The number of carbonyl (C=O) groups is 1. The maximum atomic E-state index is 12.0. The van der Waals surface area contributed by atoms with Crippen LogP contribution in [0.1, 0.15) is 0 Å². The van der Waals surface area contributed by atoms with Crippen LogP contribution < -0.4 is 14.8 Å². The fourth-order valence-corrected chi connectivity index (χ4v) is 1.62. The Balaban J connectivity index is 2.05. The molecular formula is C15H13F3N2O4. The van der Waals surface area contributed by atoms with Gasteiger partial charge in [0.25, 0.3) is 0 Å². The zero-order chi connectivity index (χ0) is 17.6. The molecule has 0 unspecified atom stereocenters. The Bertz CT molecular complexity index is 690. The Hall–Kier alpha value is -2.97. The molecule has 1 aromatic carbocycles. The summed E-state index contributed by atoms with van der Waals surface area (Å²) in [6.45, 7) is -1.69. The first kappa shape index (κ1) is 17.4. The van der Waals surface area contributed by atoms with Crippen LogP contribution in [0.25, 0.3) is 0 Å². The SMILES string of the molecule is COc1ccc(Oc2ncccc2NC(=O)OCC(F)(F)F)cc1. The third-order valence-electron chi connectivity index (χ3n) is 2.65. The third-order valence-corrected chi connectivity index (χ3v) is 2.65. The van der Waals surface area contributed by atoms with Gasteiger partial charge in [0.1, 0.15) is 17.2 Å². The number of nitrogens with zero attached hydrogens (tertiary/aromatic N) is 1. The van der Waals surface area contributed by atoms with Crippen LogP contribution in [0.15, 0.2) is 42.6 Å². The molecule has 0 spiro atoms. The molecular weight excluding hydrogens is 329 g/mol. The Morgan fingerprint density at radius 1 is 1.17 bits per heavy atom. The van der Waals surface area contributed by atoms with Crippen LogP contribution in [0.2, 0.25) is 0 Å². The molecule has 0 saturated carbocycles. The molecule has 0 radical (unpaired) electrons. The van der Waals surface area contributed by atoms with E-state index in [1.165, 1.54) is 25.4 Å². The van der Waals surface area contributed by atoms with Gasteiger partial charge in [-0.1, -0.05) is 0 Å². The molecule has 0 aliphatic rings. The highest BCUT2D eigenvalue weighted by Gasteiger charge is 2.29. The number of halogens is 3. The molecule has 1 heterocycles. The van der Waals surface area contributed by atoms with E-state index < -0.39 is 18.9 Å². The van der Waals surface area contributed by atoms with Gasteiger partial charge in [0.05, 0.1) is 7.11 Å². The molecule has 2 aromatic rings. The molecule has 6 nitrogen and oxygen atoms in total. The number of benzene rings is 1. The van der Waals surface area contributed by atoms with Gasteiger partial charge in [-0.15, -0.1) is 0 Å². The van der Waals surface area contributed by atoms with Crippen LogP contribution >= 0.6 is 0 Å². The lowest BCUT2D eigenvalue weighted by Crippen LogP contribution is -2.23. The number of hydrogen-bond donors (Lipinski definition) is 1. The molecule has 0 aliphatic heterocycles. The second-order valence-electron chi connectivity index (χ2n) is 4.45. The Labute approximate surface area is 135 Å². The lowest BCUT2D eigenvalue weighted by atomic mass is 10.3. The van der Waals surface area contributed by atoms with Crippen molar-refractivity contribution in [3.63, 3.8) is 0 Å². The van der Waals surface area contributed by atoms with E-state index in [0.29, 0.717) is 11.5 Å². The van der Waals surface area contributed by atoms with E-state index in [4.69, 9.17) is 9.47 Å². The van der Waals surface area contributed by atoms with Crippen molar-refractivity contribution in [2.45, 2.75) is 6.18 Å². The minimum atomic E-state index is -4.60. The number of methoxy groups -OCH3 is 1. The molecule has 1 N–H and O–H groups in total. The number of ether oxygens (including phenoxy) is 3. The normalized spacial score (nSPS) is 10.8. The van der Waals surface area contributed by atoms with E-state index in [-0.39, 0.29) is 11.6 Å². The van der Waals surface area contributed by atoms with Gasteiger partial charge in [0.15, 0.2) is 6.61 Å². The Kier molecular flexibility index (Phi) is 5.46. The number of anilines is 1. The highest BCUT2D eigenvalue weighted by molar-refractivity contribution is 5.86. The number of pyridine rings is 1. The highest BCUT2D eigenvalue weighted by Crippen LogP contribution is 2.28. The molecule has 0 saturated heterocycles. The van der Waals surface area contributed by atoms with Crippen LogP contribution in [0.3, 0.4) is 0 Å². The summed E-state index contributed by atoms with van der Waals surface area (Å²) in [5, 5.41) is 2.15. The van der Waals surface area contributed by atoms with Crippen LogP contribution in [0.5, 0.6) is 17.4 Å². The molecule has 24 heavy (non-hydrogen) atoms. The zero-order valence-electron chi connectivity index (χ0n) is 12.5. The molecule has 9 heteroatoms. The first-order chi connectivity index (χ1) is 11.4. The number of nitrogens with one attached hydrogen (secondary N) is 1. The summed E-state index contributed by atoms with van der Waals surface area (Å²) >= 11 is 0. The Morgan fingerprint density at radius 2 is 1.83 bits per heavy atom. The fraction of sp³-hybridized carbons (Fsp3) is 0.200. The van der Waals surface area contributed by atoms with Crippen LogP contribution in [0, 0.1) is 0 Å². The summed E-state index contributed by atoms with van der Waals surface area (Å²) in [7, 11) is 1.52. The number of alkyl halides is 3. The van der Waals surface area contributed by atoms with Crippen LogP contribution in [-0.2, 0) is 4.74 Å². The standard InChI is InChI=1S/C15H13F3N2O4/c1-22-10-4-6-11(7-5-10)24-13-12(3-2-8-19-13)20-14(21)23-9-15(16,17)18/h2-8H,9H2,1H3,(H,20,21). The molecule has 0 aliphatic carbocycles. The fourth-order valence-electron chi connectivity index (χ4n) is 1.62. The first-order valence-corrected chi connectivity index (χ1v) is 6.65. The maximum Gasteiger partial charge on any atom is 0.422 e. The minimum absolute atomic E-state index is 0.00613. The zero-order valence-corrected chi connectivity index (χ0v) is 12.5. The lowest BCUT2D eigenvalue weighted by Gasteiger charge is -2.12. The summed E-state index contributed by atoms with van der Waals surface area (Å²) in [5.41, 5.74) is 0.0699. The monoisotopic (exact) mass is 342 g/mol. The second-order valence-corrected chi connectivity index (χ2v) is 4.45. The van der Waals surface area contributed by atoms with Crippen molar-refractivity contribution in [1.82, 2.24) is 4.98 Å². The number of hydrogen-bond acceptors (Lipinski definition) is 5. The summed E-state index contributed by atoms with van der Waals surface area (Å²) in [4.78, 5) is 15.3. The van der Waals surface area contributed by atoms with Crippen molar-refractivity contribution in [2.24, 2.45) is 0 Å². The smallest absolute Gasteiger partial charge is 0.422 e. The van der Waals surface area contributed by atoms with E-state index in [1.807, 2.05) is 0 Å². The lowest BCUT2D eigenvalue weighted by molar-refractivity contribution is -0.159. The van der Waals surface area contributed by atoms with E-state index in [0.717, 1.165) is 0 Å². The first-order valence-electron chi connectivity index (χ1n) is 6.65. The Morgan fingerprint density at radius 3 is 2.46 bits per heavy atom. The van der Waals surface area contributed by atoms with Gasteiger partial charge in [-0.2, -0.15) is 13.2 Å². The number of aromatic nitrogens is 1. The van der Waals surface area contributed by atoms with E-state index >= 15 is 0 Å². The van der Waals surface area contributed by atoms with Crippen molar-refractivity contribution in [1.29, 1.82) is 0 Å². The van der Waals surface area contributed by atoms with Gasteiger partial charge in [0.2, 0.25) is 5.88 Å². The third kappa shape index (κ3) is 5.34. The average molecular weight is 342 g/mol. The number of carbonyl (C=O) groups excluding carboxylic acids is 1. The molecule has 128 valence electrons. The van der Waals surface area contributed by atoms with Crippen molar-refractivity contribution in [3.05, 3.63) is 42.6 Å². The predicted molar refractivity (Wildman–Crippen MR) is 78.3 cm³/mol. The summed E-state index contributed by atoms with van der Waals surface area (Å²) in [5.74, 6) is 1.03. The van der Waals surface area contributed by atoms with E-state index in [9.17, 15) is 18.0 Å². The largest absolute Gasteiger partial charge is 0.497 e. The van der Waals surface area contributed by atoms with E-state index in [2.05, 4.69) is 15.0 Å². The van der Waals surface area contributed by atoms with Gasteiger partial charge in [-0.3, -0.25) is 5.32 Å². The van der Waals surface area contributed by atoms with Gasteiger partial charge >= 0.3 is 12.3 Å². The van der Waals surface area contributed by atoms with Crippen LogP contribution in [-0.4, -0.2) is 31.0 Å². The van der Waals surface area contributed by atoms with E-state index in [1.54, 1.807) is 24.3 Å². The van der Waals surface area contributed by atoms with Crippen molar-refractivity contribution in [3.8, 4) is 17.4 Å². The molecule has 2 rings (SSSR count). The van der Waals surface area contributed by atoms with Crippen molar-refractivity contribution >= 4 is 11.8 Å². The molecule has 1 aromatic heterocycles.